The van der Waals surface area contributed by atoms with E-state index in [2.05, 4.69) is 4.90 Å². The molecule has 0 N–H and O–H groups in total. The van der Waals surface area contributed by atoms with Crippen molar-refractivity contribution in [2.45, 2.75) is 33.1 Å². The Balaban J connectivity index is 1.40. The average molecular weight is 532 g/mol. The van der Waals surface area contributed by atoms with Crippen LogP contribution in [0.1, 0.15) is 47.7 Å². The van der Waals surface area contributed by atoms with Gasteiger partial charge in [0.05, 0.1) is 6.61 Å². The second-order valence-corrected chi connectivity index (χ2v) is 10.7. The van der Waals surface area contributed by atoms with Crippen LogP contribution in [0.4, 0.5) is 4.39 Å². The van der Waals surface area contributed by atoms with E-state index in [0.29, 0.717) is 28.2 Å². The molecule has 0 spiro atoms. The highest BCUT2D eigenvalue weighted by atomic mass is 32.1. The number of hydrogen-bond donors (Lipinski definition) is 0. The van der Waals surface area contributed by atoms with Gasteiger partial charge >= 0.3 is 5.97 Å². The monoisotopic (exact) mass is 531 g/mol. The van der Waals surface area contributed by atoms with Gasteiger partial charge in [0, 0.05) is 39.6 Å². The molecule has 1 aliphatic heterocycles. The van der Waals surface area contributed by atoms with Crippen LogP contribution < -0.4 is 9.47 Å². The molecule has 1 saturated heterocycles. The molecule has 0 bridgehead atoms. The van der Waals surface area contributed by atoms with Crippen molar-refractivity contribution in [3.05, 3.63) is 83.2 Å². The molecular formula is C31H30FNO4S. The summed E-state index contributed by atoms with van der Waals surface area (Å²) in [6.07, 6.45) is 3.54. The Morgan fingerprint density at radius 2 is 1.76 bits per heavy atom. The maximum absolute atomic E-state index is 14.8. The van der Waals surface area contributed by atoms with Crippen molar-refractivity contribution < 1.29 is 23.5 Å². The molecule has 1 aliphatic rings. The fraction of sp³-hybridized carbons (Fsp3) is 0.290. The fourth-order valence-corrected chi connectivity index (χ4v) is 6.14. The number of thiophene rings is 1. The number of ether oxygens (including phenoxy) is 2. The summed E-state index contributed by atoms with van der Waals surface area (Å²) < 4.78 is 26.6. The van der Waals surface area contributed by atoms with E-state index in [-0.39, 0.29) is 11.5 Å². The van der Waals surface area contributed by atoms with Crippen LogP contribution in [0, 0.1) is 12.7 Å². The quantitative estimate of drug-likeness (QED) is 0.100. The van der Waals surface area contributed by atoms with Gasteiger partial charge in [0.2, 0.25) is 0 Å². The summed E-state index contributed by atoms with van der Waals surface area (Å²) in [5.74, 6) is -0.792. The maximum Gasteiger partial charge on any atom is 0.308 e. The first-order valence-electron chi connectivity index (χ1n) is 12.9. The molecule has 0 amide bonds. The Labute approximate surface area is 225 Å². The van der Waals surface area contributed by atoms with E-state index in [0.717, 1.165) is 34.4 Å². The highest BCUT2D eigenvalue weighted by Crippen LogP contribution is 2.41. The van der Waals surface area contributed by atoms with Gasteiger partial charge in [-0.3, -0.25) is 9.59 Å². The van der Waals surface area contributed by atoms with Gasteiger partial charge in [0.25, 0.3) is 0 Å². The van der Waals surface area contributed by atoms with Crippen LogP contribution in [-0.2, 0) is 4.79 Å². The van der Waals surface area contributed by atoms with Crippen LogP contribution >= 0.6 is 11.3 Å². The zero-order chi connectivity index (χ0) is 26.6. The molecule has 0 unspecified atom stereocenters. The number of nitrogens with zero attached hydrogens (tertiary/aromatic N) is 1. The largest absolute Gasteiger partial charge is 0.494 e. The van der Waals surface area contributed by atoms with Crippen molar-refractivity contribution in [1.29, 1.82) is 0 Å². The minimum Gasteiger partial charge on any atom is -0.494 e. The number of fused-ring (bicyclic) bond motifs is 1. The number of carbonyl (C=O) groups is 2. The van der Waals surface area contributed by atoms with Gasteiger partial charge in [-0.1, -0.05) is 12.1 Å². The fourth-order valence-electron chi connectivity index (χ4n) is 4.84. The van der Waals surface area contributed by atoms with Crippen LogP contribution in [0.2, 0.25) is 0 Å². The van der Waals surface area contributed by atoms with Gasteiger partial charge in [-0.05, 0) is 98.9 Å². The van der Waals surface area contributed by atoms with E-state index in [1.54, 1.807) is 18.2 Å². The Bertz CT molecular complexity index is 1470. The second-order valence-electron chi connectivity index (χ2n) is 9.65. The van der Waals surface area contributed by atoms with E-state index in [1.165, 1.54) is 56.3 Å². The number of likely N-dealkylation sites (tertiary alicyclic amines) is 1. The zero-order valence-electron chi connectivity index (χ0n) is 21.6. The van der Waals surface area contributed by atoms with Crippen LogP contribution in [0.15, 0.2) is 60.7 Å². The Morgan fingerprint density at radius 3 is 2.47 bits per heavy atom. The molecule has 5 nitrogen and oxygen atoms in total. The van der Waals surface area contributed by atoms with E-state index >= 15 is 0 Å². The molecule has 4 aromatic rings. The van der Waals surface area contributed by atoms with Gasteiger partial charge in [-0.15, -0.1) is 11.3 Å². The molecule has 0 saturated carbocycles. The lowest BCUT2D eigenvalue weighted by Crippen LogP contribution is -2.21. The third kappa shape index (κ3) is 5.79. The lowest BCUT2D eigenvalue weighted by molar-refractivity contribution is -0.132. The summed E-state index contributed by atoms with van der Waals surface area (Å²) in [7, 11) is 0. The highest BCUT2D eigenvalue weighted by Gasteiger charge is 2.23. The third-order valence-corrected chi connectivity index (χ3v) is 7.92. The van der Waals surface area contributed by atoms with E-state index in [9.17, 15) is 14.0 Å². The number of halogens is 1. The topological polar surface area (TPSA) is 55.8 Å². The van der Waals surface area contributed by atoms with Crippen molar-refractivity contribution in [1.82, 2.24) is 4.90 Å². The molecule has 0 aliphatic carbocycles. The van der Waals surface area contributed by atoms with Crippen molar-refractivity contribution in [2.24, 2.45) is 0 Å². The van der Waals surface area contributed by atoms with E-state index < -0.39 is 11.8 Å². The van der Waals surface area contributed by atoms with Gasteiger partial charge in [0.15, 0.2) is 17.3 Å². The molecule has 0 atom stereocenters. The van der Waals surface area contributed by atoms with Crippen molar-refractivity contribution in [2.75, 3.05) is 26.2 Å². The van der Waals surface area contributed by atoms with Crippen molar-refractivity contribution in [3.8, 4) is 21.9 Å². The van der Waals surface area contributed by atoms with E-state index in [4.69, 9.17) is 9.47 Å². The van der Waals surface area contributed by atoms with Gasteiger partial charge in [-0.2, -0.15) is 0 Å². The first kappa shape index (κ1) is 26.1. The van der Waals surface area contributed by atoms with Crippen LogP contribution in [-0.4, -0.2) is 42.9 Å². The second kappa shape index (κ2) is 11.5. The molecule has 196 valence electrons. The minimum atomic E-state index is -0.657. The van der Waals surface area contributed by atoms with Crippen LogP contribution in [0.25, 0.3) is 20.5 Å². The van der Waals surface area contributed by atoms with Gasteiger partial charge in [-0.25, -0.2) is 4.39 Å². The number of hydrogen-bond acceptors (Lipinski definition) is 6. The summed E-state index contributed by atoms with van der Waals surface area (Å²) in [6.45, 7) is 7.27. The number of benzene rings is 3. The zero-order valence-corrected chi connectivity index (χ0v) is 22.4. The number of carbonyl (C=O) groups excluding carboxylic acids is 2. The average Bonchev–Trinajstić information content (AvgIpc) is 3.55. The van der Waals surface area contributed by atoms with Crippen LogP contribution in [0.3, 0.4) is 0 Å². The van der Waals surface area contributed by atoms with Crippen molar-refractivity contribution in [3.63, 3.8) is 0 Å². The van der Waals surface area contributed by atoms with E-state index in [1.807, 2.05) is 37.3 Å². The molecule has 7 heteroatoms. The Morgan fingerprint density at radius 1 is 1.00 bits per heavy atom. The first-order chi connectivity index (χ1) is 18.4. The SMILES string of the molecule is CC(=O)Oc1ccc(-c2sc3cc(C)ccc3c2C(=O)c2ccc(OCCCN3CCCC3)cc2)cc1F. The lowest BCUT2D eigenvalue weighted by Gasteiger charge is -2.14. The lowest BCUT2D eigenvalue weighted by atomic mass is 9.97. The standard InChI is InChI=1S/C31H30FNO4S/c1-20-6-12-25-28(18-20)38-31(23-9-13-27(26(32)19-23)37-21(2)34)29(25)30(35)22-7-10-24(11-8-22)36-17-5-16-33-14-3-4-15-33/h6-13,18-19H,3-5,14-17H2,1-2H3. The summed E-state index contributed by atoms with van der Waals surface area (Å²) in [5, 5.41) is 0.826. The molecule has 2 heterocycles. The number of aryl methyl sites for hydroxylation is 1. The van der Waals surface area contributed by atoms with Crippen LogP contribution in [0.5, 0.6) is 11.5 Å². The summed E-state index contributed by atoms with van der Waals surface area (Å²) in [6, 6.07) is 17.6. The molecule has 0 radical (unpaired) electrons. The molecule has 38 heavy (non-hydrogen) atoms. The smallest absolute Gasteiger partial charge is 0.308 e. The third-order valence-electron chi connectivity index (χ3n) is 6.72. The minimum absolute atomic E-state index is 0.137. The maximum atomic E-state index is 14.8. The normalized spacial score (nSPS) is 13.7. The number of esters is 1. The number of rotatable bonds is 9. The van der Waals surface area contributed by atoms with Gasteiger partial charge in [0.1, 0.15) is 5.75 Å². The Kier molecular flexibility index (Phi) is 7.86. The summed E-state index contributed by atoms with van der Waals surface area (Å²) in [5.41, 5.74) is 2.70. The van der Waals surface area contributed by atoms with Crippen molar-refractivity contribution >= 4 is 33.2 Å². The van der Waals surface area contributed by atoms with Gasteiger partial charge < -0.3 is 14.4 Å². The Hall–Kier alpha value is -3.55. The first-order valence-corrected chi connectivity index (χ1v) is 13.7. The molecule has 1 aromatic heterocycles. The molecule has 1 fully saturated rings. The summed E-state index contributed by atoms with van der Waals surface area (Å²) in [4.78, 5) is 28.2. The predicted molar refractivity (Wildman–Crippen MR) is 149 cm³/mol. The highest BCUT2D eigenvalue weighted by molar-refractivity contribution is 7.22. The molecular weight excluding hydrogens is 501 g/mol. The number of ketones is 1. The molecule has 3 aromatic carbocycles. The molecule has 5 rings (SSSR count). The predicted octanol–water partition coefficient (Wildman–Crippen LogP) is 7.04. The summed E-state index contributed by atoms with van der Waals surface area (Å²) >= 11 is 1.45.